The number of fused-ring (bicyclic) bond motifs is 1. The SMILES string of the molecule is O=C(NCCc1cccc2ccccc12)c1ccc(N2CCCC2=O)cc1. The second-order valence-electron chi connectivity index (χ2n) is 6.84. The van der Waals surface area contributed by atoms with Crippen molar-refractivity contribution < 1.29 is 9.59 Å². The molecule has 136 valence electrons. The van der Waals surface area contributed by atoms with E-state index in [1.807, 2.05) is 24.3 Å². The van der Waals surface area contributed by atoms with E-state index in [0.29, 0.717) is 18.5 Å². The molecule has 0 unspecified atom stereocenters. The van der Waals surface area contributed by atoms with Crippen molar-refractivity contribution in [3.05, 3.63) is 77.9 Å². The highest BCUT2D eigenvalue weighted by molar-refractivity contribution is 5.97. The number of nitrogens with zero attached hydrogens (tertiary/aromatic N) is 1. The Balaban J connectivity index is 1.37. The van der Waals surface area contributed by atoms with Gasteiger partial charge < -0.3 is 10.2 Å². The van der Waals surface area contributed by atoms with Crippen LogP contribution in [0.25, 0.3) is 10.8 Å². The molecular formula is C23H22N2O2. The highest BCUT2D eigenvalue weighted by atomic mass is 16.2. The molecule has 0 radical (unpaired) electrons. The first-order valence-electron chi connectivity index (χ1n) is 9.38. The van der Waals surface area contributed by atoms with Gasteiger partial charge in [0.25, 0.3) is 5.91 Å². The van der Waals surface area contributed by atoms with Gasteiger partial charge in [0.15, 0.2) is 0 Å². The van der Waals surface area contributed by atoms with E-state index in [4.69, 9.17) is 0 Å². The number of rotatable bonds is 5. The average Bonchev–Trinajstić information content (AvgIpc) is 3.14. The van der Waals surface area contributed by atoms with Crippen LogP contribution in [-0.2, 0) is 11.2 Å². The third-order valence-electron chi connectivity index (χ3n) is 5.07. The van der Waals surface area contributed by atoms with Gasteiger partial charge in [-0.15, -0.1) is 0 Å². The Morgan fingerprint density at radius 1 is 0.963 bits per heavy atom. The molecule has 1 fully saturated rings. The minimum atomic E-state index is -0.0884. The van der Waals surface area contributed by atoms with Gasteiger partial charge in [-0.3, -0.25) is 9.59 Å². The molecule has 0 aromatic heterocycles. The lowest BCUT2D eigenvalue weighted by atomic mass is 10.0. The van der Waals surface area contributed by atoms with Gasteiger partial charge in [-0.25, -0.2) is 0 Å². The van der Waals surface area contributed by atoms with E-state index in [2.05, 4.69) is 35.6 Å². The lowest BCUT2D eigenvalue weighted by molar-refractivity contribution is -0.117. The van der Waals surface area contributed by atoms with Crippen LogP contribution in [0.4, 0.5) is 5.69 Å². The molecule has 1 heterocycles. The molecule has 1 aliphatic heterocycles. The smallest absolute Gasteiger partial charge is 0.251 e. The van der Waals surface area contributed by atoms with Crippen molar-refractivity contribution in [3.63, 3.8) is 0 Å². The van der Waals surface area contributed by atoms with Crippen molar-refractivity contribution >= 4 is 28.3 Å². The Hall–Kier alpha value is -3.14. The molecule has 2 amide bonds. The number of carbonyl (C=O) groups excluding carboxylic acids is 2. The van der Waals surface area contributed by atoms with Crippen LogP contribution < -0.4 is 10.2 Å². The second kappa shape index (κ2) is 7.62. The van der Waals surface area contributed by atoms with Gasteiger partial charge in [-0.2, -0.15) is 0 Å². The van der Waals surface area contributed by atoms with E-state index in [0.717, 1.165) is 25.1 Å². The van der Waals surface area contributed by atoms with Crippen LogP contribution in [0.15, 0.2) is 66.7 Å². The summed E-state index contributed by atoms with van der Waals surface area (Å²) in [5.74, 6) is 0.0665. The van der Waals surface area contributed by atoms with Crippen molar-refractivity contribution in [2.45, 2.75) is 19.3 Å². The monoisotopic (exact) mass is 358 g/mol. The molecule has 1 aliphatic rings. The van der Waals surface area contributed by atoms with Crippen molar-refractivity contribution in [2.24, 2.45) is 0 Å². The predicted molar refractivity (Wildman–Crippen MR) is 108 cm³/mol. The average molecular weight is 358 g/mol. The van der Waals surface area contributed by atoms with E-state index in [9.17, 15) is 9.59 Å². The molecule has 3 aromatic carbocycles. The molecule has 1 N–H and O–H groups in total. The lowest BCUT2D eigenvalue weighted by Gasteiger charge is -2.15. The van der Waals surface area contributed by atoms with Gasteiger partial charge in [-0.05, 0) is 53.4 Å². The molecule has 0 saturated carbocycles. The fourth-order valence-corrected chi connectivity index (χ4v) is 3.64. The number of nitrogens with one attached hydrogen (secondary N) is 1. The minimum Gasteiger partial charge on any atom is -0.352 e. The fraction of sp³-hybridized carbons (Fsp3) is 0.217. The molecule has 3 aromatic rings. The Labute approximate surface area is 158 Å². The Bertz CT molecular complexity index is 974. The van der Waals surface area contributed by atoms with Gasteiger partial charge in [-0.1, -0.05) is 42.5 Å². The van der Waals surface area contributed by atoms with E-state index >= 15 is 0 Å². The lowest BCUT2D eigenvalue weighted by Crippen LogP contribution is -2.26. The first-order valence-corrected chi connectivity index (χ1v) is 9.38. The third kappa shape index (κ3) is 3.70. The molecular weight excluding hydrogens is 336 g/mol. The maximum Gasteiger partial charge on any atom is 0.251 e. The predicted octanol–water partition coefficient (Wildman–Crippen LogP) is 3.94. The summed E-state index contributed by atoms with van der Waals surface area (Å²) in [6, 6.07) is 21.8. The molecule has 0 bridgehead atoms. The van der Waals surface area contributed by atoms with E-state index in [-0.39, 0.29) is 11.8 Å². The highest BCUT2D eigenvalue weighted by Crippen LogP contribution is 2.22. The quantitative estimate of drug-likeness (QED) is 0.751. The highest BCUT2D eigenvalue weighted by Gasteiger charge is 2.21. The molecule has 27 heavy (non-hydrogen) atoms. The standard InChI is InChI=1S/C23H22N2O2/c26-22-9-4-16-25(22)20-12-10-19(11-13-20)23(27)24-15-14-18-7-3-6-17-5-1-2-8-21(17)18/h1-3,5-8,10-13H,4,9,14-16H2,(H,24,27). The van der Waals surface area contributed by atoms with E-state index in [1.165, 1.54) is 16.3 Å². The molecule has 1 saturated heterocycles. The summed E-state index contributed by atoms with van der Waals surface area (Å²) in [4.78, 5) is 26.0. The minimum absolute atomic E-state index is 0.0884. The summed E-state index contributed by atoms with van der Waals surface area (Å²) in [6.45, 7) is 1.34. The summed E-state index contributed by atoms with van der Waals surface area (Å²) in [6.07, 6.45) is 2.29. The number of hydrogen-bond acceptors (Lipinski definition) is 2. The molecule has 0 atom stereocenters. The summed E-state index contributed by atoms with van der Waals surface area (Å²) in [5, 5.41) is 5.44. The first kappa shape index (κ1) is 17.3. The van der Waals surface area contributed by atoms with Gasteiger partial charge in [0, 0.05) is 30.8 Å². The van der Waals surface area contributed by atoms with Gasteiger partial charge in [0.05, 0.1) is 0 Å². The topological polar surface area (TPSA) is 49.4 Å². The maximum atomic E-state index is 12.4. The molecule has 4 rings (SSSR count). The molecule has 4 heteroatoms. The van der Waals surface area contributed by atoms with Gasteiger partial charge >= 0.3 is 0 Å². The first-order chi connectivity index (χ1) is 13.2. The zero-order valence-electron chi connectivity index (χ0n) is 15.2. The van der Waals surface area contributed by atoms with E-state index < -0.39 is 0 Å². The number of benzene rings is 3. The van der Waals surface area contributed by atoms with Crippen LogP contribution in [0.3, 0.4) is 0 Å². The fourth-order valence-electron chi connectivity index (χ4n) is 3.64. The second-order valence-corrected chi connectivity index (χ2v) is 6.84. The summed E-state index contributed by atoms with van der Waals surface area (Å²) < 4.78 is 0. The third-order valence-corrected chi connectivity index (χ3v) is 5.07. The number of hydrogen-bond donors (Lipinski definition) is 1. The van der Waals surface area contributed by atoms with E-state index in [1.54, 1.807) is 17.0 Å². The largest absolute Gasteiger partial charge is 0.352 e. The number of anilines is 1. The van der Waals surface area contributed by atoms with Gasteiger partial charge in [0.1, 0.15) is 0 Å². The van der Waals surface area contributed by atoms with Crippen LogP contribution >= 0.6 is 0 Å². The van der Waals surface area contributed by atoms with Crippen molar-refractivity contribution in [3.8, 4) is 0 Å². The van der Waals surface area contributed by atoms with Crippen LogP contribution in [0.1, 0.15) is 28.8 Å². The summed E-state index contributed by atoms with van der Waals surface area (Å²) in [7, 11) is 0. The zero-order chi connectivity index (χ0) is 18.6. The molecule has 0 aliphatic carbocycles. The Kier molecular flexibility index (Phi) is 4.88. The number of amides is 2. The summed E-state index contributed by atoms with van der Waals surface area (Å²) in [5.41, 5.74) is 2.71. The Morgan fingerprint density at radius 3 is 2.52 bits per heavy atom. The molecule has 4 nitrogen and oxygen atoms in total. The molecule has 0 spiro atoms. The summed E-state index contributed by atoms with van der Waals surface area (Å²) >= 11 is 0. The normalized spacial score (nSPS) is 13.9. The van der Waals surface area contributed by atoms with Gasteiger partial charge in [0.2, 0.25) is 5.91 Å². The van der Waals surface area contributed by atoms with Crippen LogP contribution in [0.2, 0.25) is 0 Å². The zero-order valence-corrected chi connectivity index (χ0v) is 15.2. The number of carbonyl (C=O) groups is 2. The van der Waals surface area contributed by atoms with Crippen LogP contribution in [0.5, 0.6) is 0 Å². The Morgan fingerprint density at radius 2 is 1.74 bits per heavy atom. The van der Waals surface area contributed by atoms with Crippen molar-refractivity contribution in [1.29, 1.82) is 0 Å². The maximum absolute atomic E-state index is 12.4. The van der Waals surface area contributed by atoms with Crippen molar-refractivity contribution in [1.82, 2.24) is 5.32 Å². The van der Waals surface area contributed by atoms with Crippen LogP contribution in [0, 0.1) is 0 Å². The van der Waals surface area contributed by atoms with Crippen LogP contribution in [-0.4, -0.2) is 24.9 Å². The van der Waals surface area contributed by atoms with Crippen molar-refractivity contribution in [2.75, 3.05) is 18.0 Å².